The summed E-state index contributed by atoms with van der Waals surface area (Å²) in [6.45, 7) is 5.76. The molecule has 16 heavy (non-hydrogen) atoms. The van der Waals surface area contributed by atoms with Crippen LogP contribution >= 0.6 is 0 Å². The molecule has 0 aliphatic heterocycles. The van der Waals surface area contributed by atoms with E-state index in [9.17, 15) is 0 Å². The van der Waals surface area contributed by atoms with Crippen molar-refractivity contribution in [2.45, 2.75) is 45.4 Å². The van der Waals surface area contributed by atoms with Crippen LogP contribution < -0.4 is 0 Å². The zero-order chi connectivity index (χ0) is 11.6. The van der Waals surface area contributed by atoms with Gasteiger partial charge >= 0.3 is 0 Å². The third kappa shape index (κ3) is 5.03. The van der Waals surface area contributed by atoms with Gasteiger partial charge in [0.25, 0.3) is 0 Å². The molecule has 0 N–H and O–H groups in total. The van der Waals surface area contributed by atoms with Crippen LogP contribution in [-0.4, -0.2) is 0 Å². The topological polar surface area (TPSA) is 0 Å². The van der Waals surface area contributed by atoms with Gasteiger partial charge in [0, 0.05) is 13.3 Å². The van der Waals surface area contributed by atoms with E-state index in [4.69, 9.17) is 0 Å². The summed E-state index contributed by atoms with van der Waals surface area (Å²) in [4.78, 5) is 0. The Balaban J connectivity index is 2.35. The molecule has 0 heteroatoms. The number of aryl methyl sites for hydroxylation is 1. The zero-order valence-corrected chi connectivity index (χ0v) is 10.3. The van der Waals surface area contributed by atoms with Crippen molar-refractivity contribution in [3.8, 4) is 11.8 Å². The van der Waals surface area contributed by atoms with Gasteiger partial charge in [-0.15, -0.1) is 5.92 Å². The van der Waals surface area contributed by atoms with Crippen LogP contribution in [0.25, 0.3) is 0 Å². The fourth-order valence-electron chi connectivity index (χ4n) is 1.74. The molecule has 0 saturated heterocycles. The SMILES string of the molecule is [CH2]C#CCc1ccc(CCCCCC)cc1. The predicted octanol–water partition coefficient (Wildman–Crippen LogP) is 4.19. The van der Waals surface area contributed by atoms with E-state index in [1.165, 1.54) is 43.2 Å². The van der Waals surface area contributed by atoms with Crippen LogP contribution in [0.1, 0.15) is 43.7 Å². The molecule has 0 heterocycles. The summed E-state index contributed by atoms with van der Waals surface area (Å²) in [5.74, 6) is 5.66. The summed E-state index contributed by atoms with van der Waals surface area (Å²) in [6, 6.07) is 8.82. The molecule has 1 rings (SSSR count). The normalized spacial score (nSPS) is 9.62. The summed E-state index contributed by atoms with van der Waals surface area (Å²) in [5, 5.41) is 0. The lowest BCUT2D eigenvalue weighted by Gasteiger charge is -2.02. The lowest BCUT2D eigenvalue weighted by atomic mass is 10.0. The maximum absolute atomic E-state index is 3.52. The predicted molar refractivity (Wildman–Crippen MR) is 71.1 cm³/mol. The Labute approximate surface area is 100 Å². The average Bonchev–Trinajstić information content (AvgIpc) is 2.33. The van der Waals surface area contributed by atoms with Crippen molar-refractivity contribution in [1.82, 2.24) is 0 Å². The molecular weight excluding hydrogens is 192 g/mol. The highest BCUT2D eigenvalue weighted by Gasteiger charge is 1.94. The van der Waals surface area contributed by atoms with E-state index in [2.05, 4.69) is 50.0 Å². The Morgan fingerprint density at radius 1 is 1.00 bits per heavy atom. The minimum atomic E-state index is 0.819. The maximum Gasteiger partial charge on any atom is 0.0340 e. The third-order valence-corrected chi connectivity index (χ3v) is 2.76. The molecule has 0 unspecified atom stereocenters. The first-order valence-electron chi connectivity index (χ1n) is 6.19. The standard InChI is InChI=1S/C16H21/c1-3-5-7-8-10-16-13-11-15(12-14-16)9-6-4-2/h11-14H,2-3,5,7-10H2,1H3. The van der Waals surface area contributed by atoms with Crippen LogP contribution in [0.2, 0.25) is 0 Å². The van der Waals surface area contributed by atoms with Crippen LogP contribution in [0.15, 0.2) is 24.3 Å². The van der Waals surface area contributed by atoms with E-state index in [1.807, 2.05) is 0 Å². The monoisotopic (exact) mass is 213 g/mol. The quantitative estimate of drug-likeness (QED) is 0.491. The Hall–Kier alpha value is -1.22. The first-order valence-corrected chi connectivity index (χ1v) is 6.19. The highest BCUT2D eigenvalue weighted by Crippen LogP contribution is 2.09. The van der Waals surface area contributed by atoms with Gasteiger partial charge in [0.05, 0.1) is 0 Å². The van der Waals surface area contributed by atoms with Crippen molar-refractivity contribution in [2.75, 3.05) is 0 Å². The summed E-state index contributed by atoms with van der Waals surface area (Å²) < 4.78 is 0. The molecule has 1 aromatic carbocycles. The molecule has 0 aliphatic carbocycles. The molecule has 0 aromatic heterocycles. The van der Waals surface area contributed by atoms with Crippen molar-refractivity contribution in [3.05, 3.63) is 42.3 Å². The molecule has 1 radical (unpaired) electrons. The van der Waals surface area contributed by atoms with Crippen molar-refractivity contribution < 1.29 is 0 Å². The minimum absolute atomic E-state index is 0.819. The molecule has 85 valence electrons. The molecule has 1 aromatic rings. The van der Waals surface area contributed by atoms with Gasteiger partial charge in [-0.1, -0.05) is 56.4 Å². The van der Waals surface area contributed by atoms with Gasteiger partial charge in [0.15, 0.2) is 0 Å². The van der Waals surface area contributed by atoms with Gasteiger partial charge in [0.1, 0.15) is 0 Å². The van der Waals surface area contributed by atoms with E-state index in [0.717, 1.165) is 6.42 Å². The highest BCUT2D eigenvalue weighted by molar-refractivity contribution is 5.26. The molecule has 0 nitrogen and oxygen atoms in total. The summed E-state index contributed by atoms with van der Waals surface area (Å²) >= 11 is 0. The Kier molecular flexibility index (Phi) is 6.42. The van der Waals surface area contributed by atoms with Crippen LogP contribution in [0.4, 0.5) is 0 Å². The van der Waals surface area contributed by atoms with Gasteiger partial charge in [-0.25, -0.2) is 0 Å². The number of benzene rings is 1. The van der Waals surface area contributed by atoms with Gasteiger partial charge in [0.2, 0.25) is 0 Å². The Morgan fingerprint density at radius 2 is 1.69 bits per heavy atom. The molecule has 0 fully saturated rings. The second-order valence-corrected chi connectivity index (χ2v) is 4.16. The Morgan fingerprint density at radius 3 is 2.31 bits per heavy atom. The minimum Gasteiger partial charge on any atom is -0.102 e. The number of hydrogen-bond acceptors (Lipinski definition) is 0. The molecule has 0 bridgehead atoms. The first-order chi connectivity index (χ1) is 7.86. The Bertz CT molecular complexity index is 335. The smallest absolute Gasteiger partial charge is 0.0340 e. The van der Waals surface area contributed by atoms with E-state index in [0.29, 0.717) is 0 Å². The largest absolute Gasteiger partial charge is 0.102 e. The van der Waals surface area contributed by atoms with Crippen LogP contribution in [0.5, 0.6) is 0 Å². The number of rotatable bonds is 6. The van der Waals surface area contributed by atoms with Gasteiger partial charge in [-0.05, 0) is 24.0 Å². The highest BCUT2D eigenvalue weighted by atomic mass is 14.0. The average molecular weight is 213 g/mol. The van der Waals surface area contributed by atoms with Crippen LogP contribution in [0, 0.1) is 18.8 Å². The molecular formula is C16H21. The molecule has 0 atom stereocenters. The number of unbranched alkanes of at least 4 members (excludes halogenated alkanes) is 3. The van der Waals surface area contributed by atoms with Gasteiger partial charge in [-0.3, -0.25) is 0 Å². The second-order valence-electron chi connectivity index (χ2n) is 4.16. The third-order valence-electron chi connectivity index (χ3n) is 2.76. The van der Waals surface area contributed by atoms with Gasteiger partial charge < -0.3 is 0 Å². The number of hydrogen-bond donors (Lipinski definition) is 0. The lowest BCUT2D eigenvalue weighted by Crippen LogP contribution is -1.87. The fourth-order valence-corrected chi connectivity index (χ4v) is 1.74. The van der Waals surface area contributed by atoms with Crippen LogP contribution in [0.3, 0.4) is 0 Å². The van der Waals surface area contributed by atoms with E-state index in [-0.39, 0.29) is 0 Å². The second kappa shape index (κ2) is 7.99. The molecule has 0 aliphatic rings. The van der Waals surface area contributed by atoms with Crippen molar-refractivity contribution in [2.24, 2.45) is 0 Å². The van der Waals surface area contributed by atoms with Crippen molar-refractivity contribution >= 4 is 0 Å². The maximum atomic E-state index is 3.52. The molecule has 0 spiro atoms. The van der Waals surface area contributed by atoms with Crippen LogP contribution in [-0.2, 0) is 12.8 Å². The van der Waals surface area contributed by atoms with E-state index < -0.39 is 0 Å². The first kappa shape index (κ1) is 12.8. The zero-order valence-electron chi connectivity index (χ0n) is 10.3. The van der Waals surface area contributed by atoms with E-state index >= 15 is 0 Å². The fraction of sp³-hybridized carbons (Fsp3) is 0.438. The van der Waals surface area contributed by atoms with Crippen molar-refractivity contribution in [3.63, 3.8) is 0 Å². The van der Waals surface area contributed by atoms with Crippen molar-refractivity contribution in [1.29, 1.82) is 0 Å². The summed E-state index contributed by atoms with van der Waals surface area (Å²) in [6.07, 6.45) is 7.36. The summed E-state index contributed by atoms with van der Waals surface area (Å²) in [5.41, 5.74) is 2.73. The molecule has 0 saturated carbocycles. The molecule has 0 amide bonds. The van der Waals surface area contributed by atoms with E-state index in [1.54, 1.807) is 0 Å². The lowest BCUT2D eigenvalue weighted by molar-refractivity contribution is 0.667. The van der Waals surface area contributed by atoms with Gasteiger partial charge in [-0.2, -0.15) is 0 Å². The summed E-state index contributed by atoms with van der Waals surface area (Å²) in [7, 11) is 0.